The molecule has 0 unspecified atom stereocenters. The van der Waals surface area contributed by atoms with E-state index in [-0.39, 0.29) is 17.4 Å². The summed E-state index contributed by atoms with van der Waals surface area (Å²) >= 11 is 1.15. The van der Waals surface area contributed by atoms with E-state index in [0.29, 0.717) is 21.3 Å². The third-order valence-corrected chi connectivity index (χ3v) is 4.23. The molecule has 0 bridgehead atoms. The molecule has 3 aromatic rings. The highest BCUT2D eigenvalue weighted by molar-refractivity contribution is 7.18. The first-order chi connectivity index (χ1) is 11.0. The number of nitrogen functional groups attached to an aromatic ring is 1. The van der Waals surface area contributed by atoms with Crippen LogP contribution in [0.5, 0.6) is 0 Å². The number of hydrogen-bond acceptors (Lipinski definition) is 5. The van der Waals surface area contributed by atoms with Crippen molar-refractivity contribution in [1.29, 1.82) is 0 Å². The predicted molar refractivity (Wildman–Crippen MR) is 90.8 cm³/mol. The lowest BCUT2D eigenvalue weighted by Crippen LogP contribution is -2.02. The van der Waals surface area contributed by atoms with E-state index in [1.54, 1.807) is 24.3 Å². The van der Waals surface area contributed by atoms with Crippen molar-refractivity contribution in [3.05, 3.63) is 70.4 Å². The van der Waals surface area contributed by atoms with Gasteiger partial charge in [0.2, 0.25) is 5.78 Å². The standard InChI is InChI=1S/C17H14FN3OS/c1-10-5-7-11(8-6-10)14(22)15-16(19)21-17(23-15)20-13-4-2-3-12(18)9-13/h2-9H,19H2,1H3,(H,20,21). The molecule has 4 nitrogen and oxygen atoms in total. The molecular formula is C17H14FN3OS. The van der Waals surface area contributed by atoms with Gasteiger partial charge in [0.1, 0.15) is 16.5 Å². The van der Waals surface area contributed by atoms with E-state index in [1.165, 1.54) is 12.1 Å². The van der Waals surface area contributed by atoms with Gasteiger partial charge in [-0.3, -0.25) is 4.79 Å². The molecule has 116 valence electrons. The highest BCUT2D eigenvalue weighted by Gasteiger charge is 2.18. The van der Waals surface area contributed by atoms with Gasteiger partial charge in [-0.05, 0) is 25.1 Å². The van der Waals surface area contributed by atoms with Gasteiger partial charge in [0.15, 0.2) is 5.13 Å². The summed E-state index contributed by atoms with van der Waals surface area (Å²) in [4.78, 5) is 17.0. The molecule has 1 aromatic heterocycles. The lowest BCUT2D eigenvalue weighted by molar-refractivity contribution is 0.104. The summed E-state index contributed by atoms with van der Waals surface area (Å²) in [7, 11) is 0. The van der Waals surface area contributed by atoms with Crippen molar-refractivity contribution < 1.29 is 9.18 Å². The van der Waals surface area contributed by atoms with Gasteiger partial charge in [0.05, 0.1) is 0 Å². The number of carbonyl (C=O) groups excluding carboxylic acids is 1. The summed E-state index contributed by atoms with van der Waals surface area (Å²) in [6.07, 6.45) is 0. The number of aromatic nitrogens is 1. The van der Waals surface area contributed by atoms with E-state index in [9.17, 15) is 9.18 Å². The number of anilines is 3. The summed E-state index contributed by atoms with van der Waals surface area (Å²) in [5.41, 5.74) is 8.04. The Balaban J connectivity index is 1.86. The molecule has 0 atom stereocenters. The molecule has 0 spiro atoms. The van der Waals surface area contributed by atoms with E-state index in [4.69, 9.17) is 5.73 Å². The van der Waals surface area contributed by atoms with Crippen molar-refractivity contribution in [2.45, 2.75) is 6.92 Å². The maximum atomic E-state index is 13.2. The largest absolute Gasteiger partial charge is 0.382 e. The topological polar surface area (TPSA) is 68.0 Å². The fraction of sp³-hybridized carbons (Fsp3) is 0.0588. The van der Waals surface area contributed by atoms with Crippen LogP contribution in [-0.4, -0.2) is 10.8 Å². The fourth-order valence-electron chi connectivity index (χ4n) is 2.07. The summed E-state index contributed by atoms with van der Waals surface area (Å²) < 4.78 is 13.2. The molecule has 0 amide bonds. The van der Waals surface area contributed by atoms with Gasteiger partial charge >= 0.3 is 0 Å². The third kappa shape index (κ3) is 3.37. The monoisotopic (exact) mass is 327 g/mol. The molecule has 0 fully saturated rings. The zero-order chi connectivity index (χ0) is 16.4. The van der Waals surface area contributed by atoms with Gasteiger partial charge in [-0.25, -0.2) is 9.37 Å². The Morgan fingerprint density at radius 2 is 1.96 bits per heavy atom. The van der Waals surface area contributed by atoms with Crippen LogP contribution in [0.2, 0.25) is 0 Å². The number of benzene rings is 2. The molecule has 6 heteroatoms. The average molecular weight is 327 g/mol. The Morgan fingerprint density at radius 3 is 2.65 bits per heavy atom. The van der Waals surface area contributed by atoms with Crippen LogP contribution in [0, 0.1) is 12.7 Å². The van der Waals surface area contributed by atoms with E-state index < -0.39 is 0 Å². The van der Waals surface area contributed by atoms with Gasteiger partial charge in [-0.1, -0.05) is 47.2 Å². The number of thiazole rings is 1. The Labute approximate surface area is 136 Å². The zero-order valence-corrected chi connectivity index (χ0v) is 13.2. The first-order valence-electron chi connectivity index (χ1n) is 6.93. The molecule has 2 aromatic carbocycles. The number of rotatable bonds is 4. The molecule has 1 heterocycles. The lowest BCUT2D eigenvalue weighted by Gasteiger charge is -2.01. The lowest BCUT2D eigenvalue weighted by atomic mass is 10.1. The minimum atomic E-state index is -0.351. The highest BCUT2D eigenvalue weighted by Crippen LogP contribution is 2.29. The summed E-state index contributed by atoms with van der Waals surface area (Å²) in [5.74, 6) is -0.359. The second-order valence-corrected chi connectivity index (χ2v) is 6.06. The van der Waals surface area contributed by atoms with E-state index in [0.717, 1.165) is 16.9 Å². The Kier molecular flexibility index (Phi) is 4.08. The molecule has 0 saturated heterocycles. The van der Waals surface area contributed by atoms with Crippen LogP contribution >= 0.6 is 11.3 Å². The molecule has 3 N–H and O–H groups in total. The number of halogens is 1. The summed E-state index contributed by atoms with van der Waals surface area (Å²) in [6.45, 7) is 1.95. The maximum Gasteiger partial charge on any atom is 0.206 e. The van der Waals surface area contributed by atoms with Gasteiger partial charge in [-0.15, -0.1) is 0 Å². The number of hydrogen-bond donors (Lipinski definition) is 2. The van der Waals surface area contributed by atoms with Crippen LogP contribution in [0.25, 0.3) is 0 Å². The van der Waals surface area contributed by atoms with E-state index in [2.05, 4.69) is 10.3 Å². The number of ketones is 1. The number of nitrogens with one attached hydrogen (secondary N) is 1. The van der Waals surface area contributed by atoms with E-state index in [1.807, 2.05) is 19.1 Å². The van der Waals surface area contributed by atoms with Gasteiger partial charge in [-0.2, -0.15) is 0 Å². The van der Waals surface area contributed by atoms with Crippen molar-refractivity contribution in [2.24, 2.45) is 0 Å². The van der Waals surface area contributed by atoms with Crippen LogP contribution in [0.4, 0.5) is 21.0 Å². The first kappa shape index (κ1) is 15.2. The van der Waals surface area contributed by atoms with Crippen molar-refractivity contribution in [3.8, 4) is 0 Å². The summed E-state index contributed by atoms with van der Waals surface area (Å²) in [5, 5.41) is 3.40. The van der Waals surface area contributed by atoms with Gasteiger partial charge in [0.25, 0.3) is 0 Å². The fourth-order valence-corrected chi connectivity index (χ4v) is 2.94. The normalized spacial score (nSPS) is 10.5. The van der Waals surface area contributed by atoms with E-state index >= 15 is 0 Å². The number of nitrogens with two attached hydrogens (primary N) is 1. The average Bonchev–Trinajstić information content (AvgIpc) is 2.88. The Bertz CT molecular complexity index is 859. The van der Waals surface area contributed by atoms with Gasteiger partial charge < -0.3 is 11.1 Å². The Hall–Kier alpha value is -2.73. The quantitative estimate of drug-likeness (QED) is 0.707. The predicted octanol–water partition coefficient (Wildman–Crippen LogP) is 4.15. The molecular weight excluding hydrogens is 313 g/mol. The van der Waals surface area contributed by atoms with Crippen molar-refractivity contribution in [2.75, 3.05) is 11.1 Å². The molecule has 0 saturated carbocycles. The molecule has 3 rings (SSSR count). The van der Waals surface area contributed by atoms with Crippen molar-refractivity contribution in [1.82, 2.24) is 4.98 Å². The number of aryl methyl sites for hydroxylation is 1. The SMILES string of the molecule is Cc1ccc(C(=O)c2sc(Nc3cccc(F)c3)nc2N)cc1. The third-order valence-electron chi connectivity index (χ3n) is 3.25. The van der Waals surface area contributed by atoms with Crippen molar-refractivity contribution in [3.63, 3.8) is 0 Å². The van der Waals surface area contributed by atoms with Crippen LogP contribution in [0.1, 0.15) is 20.8 Å². The van der Waals surface area contributed by atoms with Crippen LogP contribution in [0.15, 0.2) is 48.5 Å². The minimum Gasteiger partial charge on any atom is -0.382 e. The highest BCUT2D eigenvalue weighted by atomic mass is 32.1. The number of nitrogens with zero attached hydrogens (tertiary/aromatic N) is 1. The van der Waals surface area contributed by atoms with Gasteiger partial charge in [0, 0.05) is 11.3 Å². The minimum absolute atomic E-state index is 0.166. The van der Waals surface area contributed by atoms with Crippen LogP contribution in [0.3, 0.4) is 0 Å². The summed E-state index contributed by atoms with van der Waals surface area (Å²) in [6, 6.07) is 13.3. The molecule has 0 aliphatic heterocycles. The molecule has 0 radical (unpaired) electrons. The zero-order valence-electron chi connectivity index (χ0n) is 12.3. The maximum absolute atomic E-state index is 13.2. The Morgan fingerprint density at radius 1 is 1.22 bits per heavy atom. The second-order valence-electron chi connectivity index (χ2n) is 5.06. The number of carbonyl (C=O) groups is 1. The molecule has 0 aliphatic rings. The van der Waals surface area contributed by atoms with Crippen LogP contribution in [-0.2, 0) is 0 Å². The van der Waals surface area contributed by atoms with Crippen molar-refractivity contribution >= 4 is 33.8 Å². The molecule has 0 aliphatic carbocycles. The first-order valence-corrected chi connectivity index (χ1v) is 7.75. The molecule has 23 heavy (non-hydrogen) atoms. The van der Waals surface area contributed by atoms with Crippen LogP contribution < -0.4 is 11.1 Å². The smallest absolute Gasteiger partial charge is 0.206 e. The second kappa shape index (κ2) is 6.18.